The molecule has 1 unspecified atom stereocenters. The van der Waals surface area contributed by atoms with Crippen LogP contribution in [0.1, 0.15) is 43.2 Å². The molecule has 3 aliphatic rings. The van der Waals surface area contributed by atoms with E-state index in [0.29, 0.717) is 31.2 Å². The van der Waals surface area contributed by atoms with Crippen molar-refractivity contribution in [2.24, 2.45) is 0 Å². The van der Waals surface area contributed by atoms with Crippen molar-refractivity contribution < 1.29 is 14.2 Å². The van der Waals surface area contributed by atoms with E-state index in [0.717, 1.165) is 55.4 Å². The van der Waals surface area contributed by atoms with Crippen LogP contribution in [-0.2, 0) is 9.47 Å². The first-order valence-electron chi connectivity index (χ1n) is 13.2. The molecule has 36 heavy (non-hydrogen) atoms. The number of aromatic nitrogens is 4. The predicted molar refractivity (Wildman–Crippen MR) is 138 cm³/mol. The Hall–Kier alpha value is -2.75. The van der Waals surface area contributed by atoms with Gasteiger partial charge >= 0.3 is 6.01 Å². The fourth-order valence-corrected chi connectivity index (χ4v) is 6.03. The van der Waals surface area contributed by atoms with Crippen LogP contribution in [0.25, 0.3) is 16.7 Å². The Kier molecular flexibility index (Phi) is 6.54. The van der Waals surface area contributed by atoms with Crippen molar-refractivity contribution >= 4 is 16.7 Å². The Balaban J connectivity index is 1.31. The summed E-state index contributed by atoms with van der Waals surface area (Å²) in [6.45, 7) is 10.6. The molecule has 9 heteroatoms. The number of ether oxygens (including phenoxy) is 3. The van der Waals surface area contributed by atoms with Gasteiger partial charge in [0.25, 0.3) is 0 Å². The molecule has 3 fully saturated rings. The molecule has 5 heterocycles. The minimum atomic E-state index is 0.233. The first kappa shape index (κ1) is 23.6. The second-order valence-corrected chi connectivity index (χ2v) is 10.3. The number of anilines is 1. The highest BCUT2D eigenvalue weighted by molar-refractivity contribution is 5.82. The largest absolute Gasteiger partial charge is 0.467 e. The minimum Gasteiger partial charge on any atom is -0.467 e. The minimum absolute atomic E-state index is 0.233. The summed E-state index contributed by atoms with van der Waals surface area (Å²) in [6, 6.07) is 7.80. The third-order valence-corrected chi connectivity index (χ3v) is 8.09. The van der Waals surface area contributed by atoms with Crippen molar-refractivity contribution in [3.05, 3.63) is 35.5 Å². The third-order valence-electron chi connectivity index (χ3n) is 8.09. The van der Waals surface area contributed by atoms with E-state index in [2.05, 4.69) is 45.7 Å². The number of piperidine rings is 1. The molecule has 6 rings (SSSR count). The molecule has 0 N–H and O–H groups in total. The lowest BCUT2D eigenvalue weighted by Crippen LogP contribution is -2.44. The molecule has 0 aliphatic carbocycles. The van der Waals surface area contributed by atoms with Crippen molar-refractivity contribution in [3.63, 3.8) is 0 Å². The van der Waals surface area contributed by atoms with Gasteiger partial charge in [0.1, 0.15) is 5.82 Å². The van der Waals surface area contributed by atoms with Gasteiger partial charge in [-0.05, 0) is 75.4 Å². The summed E-state index contributed by atoms with van der Waals surface area (Å²) in [5, 5.41) is 5.86. The van der Waals surface area contributed by atoms with Crippen LogP contribution in [0.3, 0.4) is 0 Å². The smallest absolute Gasteiger partial charge is 0.320 e. The van der Waals surface area contributed by atoms with E-state index in [1.807, 2.05) is 16.9 Å². The van der Waals surface area contributed by atoms with Crippen molar-refractivity contribution in [2.75, 3.05) is 58.1 Å². The second-order valence-electron chi connectivity index (χ2n) is 10.3. The van der Waals surface area contributed by atoms with Crippen LogP contribution in [0, 0.1) is 6.92 Å². The maximum Gasteiger partial charge on any atom is 0.320 e. The van der Waals surface area contributed by atoms with Crippen LogP contribution in [0.4, 0.5) is 5.82 Å². The summed E-state index contributed by atoms with van der Waals surface area (Å²) in [5.74, 6) is 2.12. The van der Waals surface area contributed by atoms with Gasteiger partial charge in [-0.1, -0.05) is 0 Å². The lowest BCUT2D eigenvalue weighted by Gasteiger charge is -2.36. The molecule has 192 valence electrons. The zero-order valence-corrected chi connectivity index (χ0v) is 21.5. The number of fused-ring (bicyclic) bond motifs is 1. The van der Waals surface area contributed by atoms with E-state index in [9.17, 15) is 0 Å². The summed E-state index contributed by atoms with van der Waals surface area (Å²) >= 11 is 0. The van der Waals surface area contributed by atoms with Crippen LogP contribution in [0.2, 0.25) is 0 Å². The van der Waals surface area contributed by atoms with E-state index in [1.165, 1.54) is 30.4 Å². The highest BCUT2D eigenvalue weighted by Crippen LogP contribution is 2.35. The van der Waals surface area contributed by atoms with E-state index in [-0.39, 0.29) is 6.04 Å². The highest BCUT2D eigenvalue weighted by Gasteiger charge is 2.29. The van der Waals surface area contributed by atoms with Crippen LogP contribution >= 0.6 is 0 Å². The molecular formula is C27H36N6O3. The number of aryl methyl sites for hydroxylation is 1. The fourth-order valence-electron chi connectivity index (χ4n) is 6.03. The molecule has 0 radical (unpaired) electrons. The first-order chi connectivity index (χ1) is 17.6. The number of likely N-dealkylation sites (tertiary alicyclic amines) is 1. The van der Waals surface area contributed by atoms with E-state index in [4.69, 9.17) is 19.3 Å². The molecule has 3 aromatic rings. The van der Waals surface area contributed by atoms with Gasteiger partial charge < -0.3 is 19.1 Å². The van der Waals surface area contributed by atoms with Crippen LogP contribution in [-0.4, -0.2) is 89.9 Å². The van der Waals surface area contributed by atoms with Crippen LogP contribution in [0.15, 0.2) is 24.4 Å². The first-order valence-corrected chi connectivity index (χ1v) is 13.2. The summed E-state index contributed by atoms with van der Waals surface area (Å²) in [4.78, 5) is 14.2. The van der Waals surface area contributed by atoms with Crippen LogP contribution in [0.5, 0.6) is 6.01 Å². The predicted octanol–water partition coefficient (Wildman–Crippen LogP) is 3.33. The van der Waals surface area contributed by atoms with E-state index >= 15 is 0 Å². The number of methoxy groups -OCH3 is 1. The second kappa shape index (κ2) is 9.95. The fraction of sp³-hybridized carbons (Fsp3) is 0.593. The maximum absolute atomic E-state index is 5.62. The molecule has 1 aromatic carbocycles. The number of benzene rings is 1. The highest BCUT2D eigenvalue weighted by atomic mass is 16.5. The molecule has 2 aromatic heterocycles. The lowest BCUT2D eigenvalue weighted by molar-refractivity contribution is 0.0984. The van der Waals surface area contributed by atoms with Gasteiger partial charge in [0, 0.05) is 30.6 Å². The number of nitrogens with zero attached hydrogens (tertiary/aromatic N) is 6. The quantitative estimate of drug-likeness (QED) is 0.537. The van der Waals surface area contributed by atoms with Crippen LogP contribution < -0.4 is 9.64 Å². The maximum atomic E-state index is 5.62. The van der Waals surface area contributed by atoms with Crippen molar-refractivity contribution in [2.45, 2.75) is 51.1 Å². The van der Waals surface area contributed by atoms with Gasteiger partial charge in [-0.3, -0.25) is 4.90 Å². The summed E-state index contributed by atoms with van der Waals surface area (Å²) in [6.07, 6.45) is 5.46. The topological polar surface area (TPSA) is 77.8 Å². The Morgan fingerprint density at radius 2 is 1.75 bits per heavy atom. The molecule has 3 aliphatic heterocycles. The van der Waals surface area contributed by atoms with Gasteiger partial charge in [-0.15, -0.1) is 0 Å². The molecule has 9 nitrogen and oxygen atoms in total. The Morgan fingerprint density at radius 3 is 2.50 bits per heavy atom. The average Bonchev–Trinajstić information content (AvgIpc) is 3.59. The molecule has 0 saturated carbocycles. The lowest BCUT2D eigenvalue weighted by atomic mass is 9.86. The number of hydrogen-bond donors (Lipinski definition) is 0. The molecule has 2 atom stereocenters. The summed E-state index contributed by atoms with van der Waals surface area (Å²) in [5.41, 5.74) is 3.84. The van der Waals surface area contributed by atoms with Gasteiger partial charge in [-0.25, -0.2) is 4.68 Å². The molecule has 0 bridgehead atoms. The van der Waals surface area contributed by atoms with Gasteiger partial charge in [0.15, 0.2) is 5.82 Å². The number of hydrogen-bond acceptors (Lipinski definition) is 8. The Bertz CT molecular complexity index is 1220. The average molecular weight is 493 g/mol. The van der Waals surface area contributed by atoms with E-state index < -0.39 is 0 Å². The summed E-state index contributed by atoms with van der Waals surface area (Å²) in [7, 11) is 1.61. The third kappa shape index (κ3) is 4.44. The zero-order chi connectivity index (χ0) is 24.6. The normalized spacial score (nSPS) is 24.0. The standard InChI is InChI=1S/C27H36N6O3/c1-18-12-21-15-28-33(26-14-25(29-27(30-26)34-3)32-9-11-36-16-19(32)2)24(21)13-23(18)20-4-7-31(8-5-20)22-6-10-35-17-22/h12-15,19-20,22H,4-11,16-17H2,1-3H3/t19-,22?/m0/s1. The molecular weight excluding hydrogens is 456 g/mol. The SMILES string of the molecule is COc1nc(N2CCOC[C@@H]2C)cc(-n2ncc3cc(C)c(C4CCN(C5CCOC5)CC4)cc32)n1. The molecule has 0 spiro atoms. The Labute approximate surface area is 212 Å². The number of rotatable bonds is 5. The Morgan fingerprint density at radius 1 is 0.944 bits per heavy atom. The van der Waals surface area contributed by atoms with Gasteiger partial charge in [0.05, 0.1) is 44.7 Å². The molecule has 3 saturated heterocycles. The van der Waals surface area contributed by atoms with E-state index in [1.54, 1.807) is 7.11 Å². The van der Waals surface area contributed by atoms with Crippen molar-refractivity contribution in [1.82, 2.24) is 24.6 Å². The van der Waals surface area contributed by atoms with Crippen molar-refractivity contribution in [1.29, 1.82) is 0 Å². The van der Waals surface area contributed by atoms with Gasteiger partial charge in [0.2, 0.25) is 0 Å². The number of morpholine rings is 1. The molecule has 0 amide bonds. The summed E-state index contributed by atoms with van der Waals surface area (Å²) < 4.78 is 18.7. The van der Waals surface area contributed by atoms with Gasteiger partial charge in [-0.2, -0.15) is 15.1 Å². The zero-order valence-electron chi connectivity index (χ0n) is 21.5. The monoisotopic (exact) mass is 492 g/mol. The van der Waals surface area contributed by atoms with Crippen molar-refractivity contribution in [3.8, 4) is 11.8 Å².